The number of quaternary nitrogens is 1. The molecule has 1 aliphatic rings. The van der Waals surface area contributed by atoms with Crippen molar-refractivity contribution in [3.05, 3.63) is 29.8 Å². The number of hydrogen-bond donors (Lipinski definition) is 1. The van der Waals surface area contributed by atoms with Gasteiger partial charge in [0, 0.05) is 6.07 Å². The van der Waals surface area contributed by atoms with Gasteiger partial charge in [-0.25, -0.2) is 0 Å². The van der Waals surface area contributed by atoms with Gasteiger partial charge in [0.1, 0.15) is 5.56 Å². The van der Waals surface area contributed by atoms with E-state index in [1.165, 1.54) is 0 Å². The lowest BCUT2D eigenvalue weighted by Gasteiger charge is -2.21. The highest BCUT2D eigenvalue weighted by atomic mass is 35.5. The van der Waals surface area contributed by atoms with E-state index in [2.05, 4.69) is 5.43 Å². The van der Waals surface area contributed by atoms with Crippen molar-refractivity contribution in [3.63, 3.8) is 0 Å². The van der Waals surface area contributed by atoms with Gasteiger partial charge in [-0.1, -0.05) is 12.1 Å². The van der Waals surface area contributed by atoms with Gasteiger partial charge < -0.3 is 12.4 Å². The summed E-state index contributed by atoms with van der Waals surface area (Å²) in [4.78, 5) is 11.4. The monoisotopic (exact) mass is 198 g/mol. The molecule has 2 rings (SSSR count). The van der Waals surface area contributed by atoms with E-state index in [4.69, 9.17) is 0 Å². The summed E-state index contributed by atoms with van der Waals surface area (Å²) < 4.78 is 0.439. The zero-order valence-corrected chi connectivity index (χ0v) is 8.30. The summed E-state index contributed by atoms with van der Waals surface area (Å²) in [7, 11) is 3.90. The zero-order valence-electron chi connectivity index (χ0n) is 7.54. The van der Waals surface area contributed by atoms with Gasteiger partial charge in [0.25, 0.3) is 0 Å². The van der Waals surface area contributed by atoms with Gasteiger partial charge in [-0.2, -0.15) is 10.0 Å². The van der Waals surface area contributed by atoms with Crippen LogP contribution in [0.5, 0.6) is 0 Å². The summed E-state index contributed by atoms with van der Waals surface area (Å²) in [6.07, 6.45) is 0. The van der Waals surface area contributed by atoms with Crippen LogP contribution >= 0.6 is 0 Å². The molecule has 1 heterocycles. The Bertz CT molecular complexity index is 349. The van der Waals surface area contributed by atoms with Crippen LogP contribution in [0.25, 0.3) is 0 Å². The van der Waals surface area contributed by atoms with Gasteiger partial charge in [0.15, 0.2) is 5.69 Å². The van der Waals surface area contributed by atoms with Crippen molar-refractivity contribution < 1.29 is 17.2 Å². The molecule has 0 unspecified atom stereocenters. The molecule has 0 spiro atoms. The van der Waals surface area contributed by atoms with Gasteiger partial charge in [0.05, 0.1) is 14.1 Å². The number of halogens is 1. The number of nitrogens with one attached hydrogen (secondary N) is 1. The summed E-state index contributed by atoms with van der Waals surface area (Å²) in [6.45, 7) is 0. The van der Waals surface area contributed by atoms with Crippen molar-refractivity contribution in [1.29, 1.82) is 0 Å². The van der Waals surface area contributed by atoms with Crippen LogP contribution in [-0.2, 0) is 0 Å². The first-order valence-electron chi connectivity index (χ1n) is 3.87. The van der Waals surface area contributed by atoms with Crippen LogP contribution in [0.3, 0.4) is 0 Å². The number of benzene rings is 1. The first kappa shape index (κ1) is 10.0. The Morgan fingerprint density at radius 3 is 2.46 bits per heavy atom. The van der Waals surface area contributed by atoms with Crippen molar-refractivity contribution in [2.75, 3.05) is 14.1 Å². The maximum atomic E-state index is 11.4. The number of fused-ring (bicyclic) bond motifs is 1. The highest BCUT2D eigenvalue weighted by Gasteiger charge is 2.35. The Kier molecular flexibility index (Phi) is 2.32. The van der Waals surface area contributed by atoms with E-state index in [1.54, 1.807) is 0 Å². The Morgan fingerprint density at radius 1 is 1.23 bits per heavy atom. The first-order valence-corrected chi connectivity index (χ1v) is 3.87. The Labute approximate surface area is 83.3 Å². The second kappa shape index (κ2) is 3.01. The Morgan fingerprint density at radius 2 is 1.85 bits per heavy atom. The molecule has 0 saturated carbocycles. The summed E-state index contributed by atoms with van der Waals surface area (Å²) in [6, 6.07) is 7.63. The molecule has 3 nitrogen and oxygen atoms in total. The molecule has 1 aliphatic heterocycles. The quantitative estimate of drug-likeness (QED) is 0.477. The minimum atomic E-state index is 0. The SMILES string of the molecule is C[N+]1(C)NC(=O)c2ccccc21.[Cl-]. The van der Waals surface area contributed by atoms with Crippen LogP contribution in [0, 0.1) is 0 Å². The second-order valence-electron chi connectivity index (χ2n) is 3.41. The minimum Gasteiger partial charge on any atom is -1.00 e. The third kappa shape index (κ3) is 1.41. The predicted molar refractivity (Wildman–Crippen MR) is 47.6 cm³/mol. The molecule has 70 valence electrons. The van der Waals surface area contributed by atoms with Crippen molar-refractivity contribution in [2.24, 2.45) is 0 Å². The van der Waals surface area contributed by atoms with Crippen molar-refractivity contribution in [3.8, 4) is 0 Å². The third-order valence-electron chi connectivity index (χ3n) is 2.13. The van der Waals surface area contributed by atoms with E-state index >= 15 is 0 Å². The first-order chi connectivity index (χ1) is 5.61. The summed E-state index contributed by atoms with van der Waals surface area (Å²) in [5.41, 5.74) is 4.67. The lowest BCUT2D eigenvalue weighted by Crippen LogP contribution is -3.00. The van der Waals surface area contributed by atoms with E-state index in [1.807, 2.05) is 38.4 Å². The Hall–Kier alpha value is -1.06. The summed E-state index contributed by atoms with van der Waals surface area (Å²) >= 11 is 0. The van der Waals surface area contributed by atoms with Crippen molar-refractivity contribution >= 4 is 11.6 Å². The molecule has 0 aliphatic carbocycles. The fraction of sp³-hybridized carbons (Fsp3) is 0.222. The smallest absolute Gasteiger partial charge is 0.302 e. The molecular formula is C9H11ClN2O. The number of nitrogens with zero attached hydrogens (tertiary/aromatic N) is 1. The average molecular weight is 199 g/mol. The van der Waals surface area contributed by atoms with E-state index < -0.39 is 0 Å². The van der Waals surface area contributed by atoms with Crippen LogP contribution in [0.1, 0.15) is 10.4 Å². The highest BCUT2D eigenvalue weighted by molar-refractivity contribution is 6.03. The molecule has 1 N–H and O–H groups in total. The van der Waals surface area contributed by atoms with Crippen LogP contribution in [0.15, 0.2) is 24.3 Å². The number of amides is 1. The van der Waals surface area contributed by atoms with Crippen LogP contribution in [0.2, 0.25) is 0 Å². The normalized spacial score (nSPS) is 17.2. The number of rotatable bonds is 0. The number of carbonyl (C=O) groups excluding carboxylic acids is 1. The summed E-state index contributed by atoms with van der Waals surface area (Å²) in [5, 5.41) is 0. The van der Waals surface area contributed by atoms with Crippen LogP contribution in [-0.4, -0.2) is 20.0 Å². The lowest BCUT2D eigenvalue weighted by molar-refractivity contribution is -0.0000123. The van der Waals surface area contributed by atoms with Crippen LogP contribution in [0.4, 0.5) is 5.69 Å². The van der Waals surface area contributed by atoms with Gasteiger partial charge in [-0.3, -0.25) is 4.79 Å². The zero-order chi connectivity index (χ0) is 8.77. The van der Waals surface area contributed by atoms with Crippen LogP contribution < -0.4 is 22.4 Å². The van der Waals surface area contributed by atoms with Gasteiger partial charge in [0.2, 0.25) is 0 Å². The van der Waals surface area contributed by atoms with Crippen molar-refractivity contribution in [1.82, 2.24) is 10.0 Å². The molecule has 1 aromatic rings. The fourth-order valence-electron chi connectivity index (χ4n) is 1.53. The van der Waals surface area contributed by atoms with Gasteiger partial charge >= 0.3 is 5.91 Å². The molecule has 0 atom stereocenters. The molecule has 0 aromatic heterocycles. The fourth-order valence-corrected chi connectivity index (χ4v) is 1.53. The highest BCUT2D eigenvalue weighted by Crippen LogP contribution is 2.27. The standard InChI is InChI=1S/C9H10N2O.ClH/c1-11(2)8-6-4-3-5-7(8)9(12)10-11;/h3-6H,1-2H3;1H. The van der Waals surface area contributed by atoms with E-state index in [9.17, 15) is 4.79 Å². The molecule has 4 heteroatoms. The van der Waals surface area contributed by atoms with E-state index in [-0.39, 0.29) is 18.3 Å². The molecule has 1 amide bonds. The van der Waals surface area contributed by atoms with Gasteiger partial charge in [-0.05, 0) is 6.07 Å². The third-order valence-corrected chi connectivity index (χ3v) is 2.13. The number of carbonyl (C=O) groups is 1. The molecule has 0 radical (unpaired) electrons. The topological polar surface area (TPSA) is 29.1 Å². The number of hydrogen-bond acceptors (Lipinski definition) is 1. The predicted octanol–water partition coefficient (Wildman–Crippen LogP) is -2.08. The number of para-hydroxylation sites is 1. The Balaban J connectivity index is 0.000000845. The van der Waals surface area contributed by atoms with Gasteiger partial charge in [-0.15, -0.1) is 0 Å². The van der Waals surface area contributed by atoms with E-state index in [0.29, 0.717) is 4.59 Å². The molecule has 1 aromatic carbocycles. The maximum Gasteiger partial charge on any atom is 0.302 e. The maximum absolute atomic E-state index is 11.4. The average Bonchev–Trinajstić information content (AvgIpc) is 2.25. The molecule has 13 heavy (non-hydrogen) atoms. The molecule has 0 bridgehead atoms. The molecule has 0 saturated heterocycles. The van der Waals surface area contributed by atoms with E-state index in [0.717, 1.165) is 11.3 Å². The molecular weight excluding hydrogens is 188 g/mol. The minimum absolute atomic E-state index is 0. The van der Waals surface area contributed by atoms with Crippen molar-refractivity contribution in [2.45, 2.75) is 0 Å². The summed E-state index contributed by atoms with van der Waals surface area (Å²) in [5.74, 6) is 0.00981. The lowest BCUT2D eigenvalue weighted by atomic mass is 10.2. The largest absolute Gasteiger partial charge is 1.00 e. The second-order valence-corrected chi connectivity index (χ2v) is 3.41. The molecule has 0 fully saturated rings.